The van der Waals surface area contributed by atoms with Gasteiger partial charge in [0.05, 0.1) is 12.4 Å². The number of anilines is 2. The van der Waals surface area contributed by atoms with E-state index in [1.807, 2.05) is 6.92 Å². The topological polar surface area (TPSA) is 59.1 Å². The number of nitrogens with one attached hydrogen (secondary N) is 2. The Morgan fingerprint density at radius 1 is 1.38 bits per heavy atom. The first-order valence-electron chi connectivity index (χ1n) is 5.57. The van der Waals surface area contributed by atoms with Crippen LogP contribution in [-0.4, -0.2) is 36.3 Å². The molecule has 2 N–H and O–H groups in total. The fourth-order valence-corrected chi connectivity index (χ4v) is 1.32. The lowest BCUT2D eigenvalue weighted by Gasteiger charge is -2.14. The van der Waals surface area contributed by atoms with Crippen LogP contribution in [0.2, 0.25) is 0 Å². The summed E-state index contributed by atoms with van der Waals surface area (Å²) in [6.07, 6.45) is 4.39. The maximum atomic E-state index is 5.02. The zero-order valence-corrected chi connectivity index (χ0v) is 10.2. The Kier molecular flexibility index (Phi) is 5.56. The molecular formula is C11H20N4O. The SMILES string of the molecule is CCNc1cncc(NC(C)CCOC)n1. The summed E-state index contributed by atoms with van der Waals surface area (Å²) >= 11 is 0. The Balaban J connectivity index is 2.49. The van der Waals surface area contributed by atoms with Crippen molar-refractivity contribution in [2.24, 2.45) is 0 Å². The second kappa shape index (κ2) is 7.00. The summed E-state index contributed by atoms with van der Waals surface area (Å²) in [7, 11) is 1.71. The summed E-state index contributed by atoms with van der Waals surface area (Å²) in [5.41, 5.74) is 0. The van der Waals surface area contributed by atoms with Gasteiger partial charge in [0.25, 0.3) is 0 Å². The number of hydrogen-bond acceptors (Lipinski definition) is 5. The van der Waals surface area contributed by atoms with Crippen molar-refractivity contribution in [2.45, 2.75) is 26.3 Å². The molecule has 1 atom stereocenters. The Morgan fingerprint density at radius 2 is 2.12 bits per heavy atom. The normalized spacial score (nSPS) is 12.2. The number of rotatable bonds is 7. The molecule has 0 saturated carbocycles. The number of nitrogens with zero attached hydrogens (tertiary/aromatic N) is 2. The molecule has 16 heavy (non-hydrogen) atoms. The van der Waals surface area contributed by atoms with E-state index in [1.54, 1.807) is 19.5 Å². The molecule has 0 aromatic carbocycles. The van der Waals surface area contributed by atoms with E-state index in [2.05, 4.69) is 27.5 Å². The van der Waals surface area contributed by atoms with Crippen LogP contribution >= 0.6 is 0 Å². The smallest absolute Gasteiger partial charge is 0.147 e. The summed E-state index contributed by atoms with van der Waals surface area (Å²) in [5.74, 6) is 1.59. The van der Waals surface area contributed by atoms with Crippen molar-refractivity contribution < 1.29 is 4.74 Å². The Morgan fingerprint density at radius 3 is 2.81 bits per heavy atom. The first kappa shape index (κ1) is 12.7. The fourth-order valence-electron chi connectivity index (χ4n) is 1.32. The third kappa shape index (κ3) is 4.44. The highest BCUT2D eigenvalue weighted by Gasteiger charge is 2.03. The van der Waals surface area contributed by atoms with Crippen molar-refractivity contribution in [1.82, 2.24) is 9.97 Å². The molecular weight excluding hydrogens is 204 g/mol. The lowest BCUT2D eigenvalue weighted by atomic mass is 10.2. The first-order chi connectivity index (χ1) is 7.76. The molecule has 0 aliphatic carbocycles. The minimum atomic E-state index is 0.325. The van der Waals surface area contributed by atoms with Gasteiger partial charge in [-0.1, -0.05) is 0 Å². The molecule has 1 rings (SSSR count). The average Bonchev–Trinajstić information content (AvgIpc) is 2.27. The molecule has 0 bridgehead atoms. The quantitative estimate of drug-likeness (QED) is 0.739. The van der Waals surface area contributed by atoms with Crippen molar-refractivity contribution in [3.05, 3.63) is 12.4 Å². The van der Waals surface area contributed by atoms with E-state index in [0.717, 1.165) is 31.2 Å². The van der Waals surface area contributed by atoms with Crippen molar-refractivity contribution in [1.29, 1.82) is 0 Å². The van der Waals surface area contributed by atoms with Crippen molar-refractivity contribution in [3.8, 4) is 0 Å². The van der Waals surface area contributed by atoms with Crippen LogP contribution in [0.5, 0.6) is 0 Å². The molecule has 1 aromatic heterocycles. The predicted octanol–water partition coefficient (Wildman–Crippen LogP) is 1.75. The zero-order valence-electron chi connectivity index (χ0n) is 10.2. The molecule has 0 aliphatic rings. The molecule has 1 unspecified atom stereocenters. The number of aromatic nitrogens is 2. The highest BCUT2D eigenvalue weighted by atomic mass is 16.5. The molecule has 1 heterocycles. The third-order valence-corrected chi connectivity index (χ3v) is 2.14. The molecule has 0 aliphatic heterocycles. The van der Waals surface area contributed by atoms with Crippen LogP contribution in [0, 0.1) is 0 Å². The average molecular weight is 224 g/mol. The van der Waals surface area contributed by atoms with E-state index in [9.17, 15) is 0 Å². The third-order valence-electron chi connectivity index (χ3n) is 2.14. The van der Waals surface area contributed by atoms with Crippen LogP contribution in [0.4, 0.5) is 11.6 Å². The van der Waals surface area contributed by atoms with E-state index in [-0.39, 0.29) is 0 Å². The van der Waals surface area contributed by atoms with Gasteiger partial charge in [0.2, 0.25) is 0 Å². The van der Waals surface area contributed by atoms with Gasteiger partial charge in [-0.25, -0.2) is 4.98 Å². The van der Waals surface area contributed by atoms with Crippen molar-refractivity contribution in [3.63, 3.8) is 0 Å². The van der Waals surface area contributed by atoms with Crippen LogP contribution in [-0.2, 0) is 4.74 Å². The van der Waals surface area contributed by atoms with Gasteiger partial charge in [-0.15, -0.1) is 0 Å². The van der Waals surface area contributed by atoms with Gasteiger partial charge in [-0.05, 0) is 20.3 Å². The standard InChI is InChI=1S/C11H20N4O/c1-4-13-10-7-12-8-11(15-10)14-9(2)5-6-16-3/h7-9H,4-6H2,1-3H3,(H2,13,14,15). The van der Waals surface area contributed by atoms with E-state index in [4.69, 9.17) is 4.74 Å². The Labute approximate surface area is 96.6 Å². The summed E-state index contributed by atoms with van der Waals surface area (Å²) in [4.78, 5) is 8.50. The maximum absolute atomic E-state index is 5.02. The molecule has 0 spiro atoms. The van der Waals surface area contributed by atoms with Gasteiger partial charge in [0.1, 0.15) is 11.6 Å². The molecule has 0 saturated heterocycles. The first-order valence-corrected chi connectivity index (χ1v) is 5.57. The minimum Gasteiger partial charge on any atom is -0.385 e. The van der Waals surface area contributed by atoms with Crippen LogP contribution in [0.15, 0.2) is 12.4 Å². The lowest BCUT2D eigenvalue weighted by Crippen LogP contribution is -2.18. The van der Waals surface area contributed by atoms with Crippen LogP contribution in [0.3, 0.4) is 0 Å². The van der Waals surface area contributed by atoms with Gasteiger partial charge in [0, 0.05) is 26.3 Å². The summed E-state index contributed by atoms with van der Waals surface area (Å²) in [5, 5.41) is 6.41. The second-order valence-corrected chi connectivity index (χ2v) is 3.65. The van der Waals surface area contributed by atoms with Gasteiger partial charge in [-0.2, -0.15) is 0 Å². The Bertz CT molecular complexity index is 306. The van der Waals surface area contributed by atoms with E-state index < -0.39 is 0 Å². The van der Waals surface area contributed by atoms with Crippen LogP contribution in [0.1, 0.15) is 20.3 Å². The van der Waals surface area contributed by atoms with Crippen molar-refractivity contribution >= 4 is 11.6 Å². The number of ether oxygens (including phenoxy) is 1. The van der Waals surface area contributed by atoms with E-state index in [1.165, 1.54) is 0 Å². The highest BCUT2D eigenvalue weighted by Crippen LogP contribution is 2.08. The van der Waals surface area contributed by atoms with E-state index >= 15 is 0 Å². The lowest BCUT2D eigenvalue weighted by molar-refractivity contribution is 0.191. The minimum absolute atomic E-state index is 0.325. The molecule has 0 amide bonds. The summed E-state index contributed by atoms with van der Waals surface area (Å²) in [6.45, 7) is 5.72. The maximum Gasteiger partial charge on any atom is 0.147 e. The monoisotopic (exact) mass is 224 g/mol. The largest absolute Gasteiger partial charge is 0.385 e. The molecule has 90 valence electrons. The number of methoxy groups -OCH3 is 1. The van der Waals surface area contributed by atoms with Gasteiger partial charge >= 0.3 is 0 Å². The number of hydrogen-bond donors (Lipinski definition) is 2. The Hall–Kier alpha value is -1.36. The predicted molar refractivity (Wildman–Crippen MR) is 65.8 cm³/mol. The van der Waals surface area contributed by atoms with Gasteiger partial charge in [-0.3, -0.25) is 4.98 Å². The molecule has 5 nitrogen and oxygen atoms in total. The highest BCUT2D eigenvalue weighted by molar-refractivity contribution is 5.41. The molecule has 5 heteroatoms. The van der Waals surface area contributed by atoms with Crippen LogP contribution in [0.25, 0.3) is 0 Å². The van der Waals surface area contributed by atoms with Crippen LogP contribution < -0.4 is 10.6 Å². The second-order valence-electron chi connectivity index (χ2n) is 3.65. The van der Waals surface area contributed by atoms with Crippen molar-refractivity contribution in [2.75, 3.05) is 30.9 Å². The summed E-state index contributed by atoms with van der Waals surface area (Å²) in [6, 6.07) is 0.325. The fraction of sp³-hybridized carbons (Fsp3) is 0.636. The van der Waals surface area contributed by atoms with E-state index in [0.29, 0.717) is 6.04 Å². The van der Waals surface area contributed by atoms with Gasteiger partial charge < -0.3 is 15.4 Å². The summed E-state index contributed by atoms with van der Waals surface area (Å²) < 4.78 is 5.02. The molecule has 0 fully saturated rings. The molecule has 1 aromatic rings. The molecule has 0 radical (unpaired) electrons. The van der Waals surface area contributed by atoms with Gasteiger partial charge in [0.15, 0.2) is 0 Å². The zero-order chi connectivity index (χ0) is 11.8.